The van der Waals surface area contributed by atoms with Crippen molar-refractivity contribution in [3.8, 4) is 11.5 Å². The second-order valence-electron chi connectivity index (χ2n) is 8.40. The van der Waals surface area contributed by atoms with Gasteiger partial charge in [0, 0.05) is 17.8 Å². The lowest BCUT2D eigenvalue weighted by Crippen LogP contribution is -2.29. The third-order valence-corrected chi connectivity index (χ3v) is 6.41. The molecule has 0 bridgehead atoms. The zero-order chi connectivity index (χ0) is 26.3. The number of halogens is 2. The first-order valence-corrected chi connectivity index (χ1v) is 11.3. The number of rotatable bonds is 5. The summed E-state index contributed by atoms with van der Waals surface area (Å²) in [7, 11) is 2.87. The van der Waals surface area contributed by atoms with Crippen LogP contribution in [0.2, 0.25) is 0 Å². The number of aliphatic hydroxyl groups is 1. The van der Waals surface area contributed by atoms with Crippen LogP contribution in [0.5, 0.6) is 11.5 Å². The lowest BCUT2D eigenvalue weighted by Gasteiger charge is -2.26. The molecule has 1 atom stereocenters. The van der Waals surface area contributed by atoms with E-state index in [0.29, 0.717) is 11.3 Å². The van der Waals surface area contributed by atoms with Crippen molar-refractivity contribution in [1.82, 2.24) is 0 Å². The van der Waals surface area contributed by atoms with Gasteiger partial charge < -0.3 is 14.6 Å². The van der Waals surface area contributed by atoms with Crippen LogP contribution in [0.1, 0.15) is 17.2 Å². The Kier molecular flexibility index (Phi) is 6.09. The van der Waals surface area contributed by atoms with E-state index < -0.39 is 35.1 Å². The van der Waals surface area contributed by atoms with Crippen LogP contribution in [0, 0.1) is 11.6 Å². The van der Waals surface area contributed by atoms with Crippen LogP contribution in [-0.2, 0) is 9.59 Å². The first-order chi connectivity index (χ1) is 17.8. The van der Waals surface area contributed by atoms with Gasteiger partial charge in [0.05, 0.1) is 31.4 Å². The van der Waals surface area contributed by atoms with Gasteiger partial charge in [-0.15, -0.1) is 0 Å². The smallest absolute Gasteiger partial charge is 0.300 e. The molecule has 1 amide bonds. The molecule has 37 heavy (non-hydrogen) atoms. The van der Waals surface area contributed by atoms with Gasteiger partial charge in [0.1, 0.15) is 17.3 Å². The summed E-state index contributed by atoms with van der Waals surface area (Å²) in [4.78, 5) is 27.9. The Labute approximate surface area is 211 Å². The number of hydrogen-bond donors (Lipinski definition) is 1. The van der Waals surface area contributed by atoms with Crippen molar-refractivity contribution in [2.24, 2.45) is 0 Å². The quantitative estimate of drug-likeness (QED) is 0.214. The van der Waals surface area contributed by atoms with Gasteiger partial charge in [-0.25, -0.2) is 8.78 Å². The first kappa shape index (κ1) is 24.0. The average molecular weight is 501 g/mol. The van der Waals surface area contributed by atoms with E-state index in [2.05, 4.69) is 0 Å². The highest BCUT2D eigenvalue weighted by Crippen LogP contribution is 2.45. The van der Waals surface area contributed by atoms with Crippen LogP contribution >= 0.6 is 0 Å². The van der Waals surface area contributed by atoms with E-state index in [1.165, 1.54) is 32.4 Å². The van der Waals surface area contributed by atoms with Crippen molar-refractivity contribution < 1.29 is 33.0 Å². The molecule has 6 nitrogen and oxygen atoms in total. The molecule has 0 saturated carbocycles. The molecule has 1 N–H and O–H groups in total. The molecule has 5 rings (SSSR count). The molecular weight excluding hydrogens is 480 g/mol. The number of nitrogens with zero attached hydrogens (tertiary/aromatic N) is 1. The van der Waals surface area contributed by atoms with Gasteiger partial charge in [0.2, 0.25) is 0 Å². The van der Waals surface area contributed by atoms with E-state index in [9.17, 15) is 23.5 Å². The average Bonchev–Trinajstić information content (AvgIpc) is 3.19. The van der Waals surface area contributed by atoms with Crippen molar-refractivity contribution in [3.05, 3.63) is 107 Å². The van der Waals surface area contributed by atoms with Gasteiger partial charge in [0.15, 0.2) is 11.6 Å². The largest absolute Gasteiger partial charge is 0.507 e. The Morgan fingerprint density at radius 1 is 0.865 bits per heavy atom. The van der Waals surface area contributed by atoms with Crippen molar-refractivity contribution in [2.45, 2.75) is 6.04 Å². The number of methoxy groups -OCH3 is 2. The Hall–Kier alpha value is -4.72. The van der Waals surface area contributed by atoms with E-state index in [-0.39, 0.29) is 22.6 Å². The number of carbonyl (C=O) groups is 2. The minimum Gasteiger partial charge on any atom is -0.507 e. The zero-order valence-electron chi connectivity index (χ0n) is 19.9. The number of Topliss-reactive ketones (excluding diaryl/α,β-unsaturated/α-hetero) is 1. The lowest BCUT2D eigenvalue weighted by atomic mass is 9.91. The van der Waals surface area contributed by atoms with Crippen LogP contribution in [0.25, 0.3) is 16.5 Å². The molecule has 4 aromatic rings. The molecular formula is C29H21F2NO5. The van der Waals surface area contributed by atoms with E-state index in [1.807, 2.05) is 30.3 Å². The molecule has 0 radical (unpaired) electrons. The molecule has 1 saturated heterocycles. The highest BCUT2D eigenvalue weighted by Gasteiger charge is 2.47. The van der Waals surface area contributed by atoms with Crippen LogP contribution in [0.15, 0.2) is 84.4 Å². The highest BCUT2D eigenvalue weighted by atomic mass is 19.2. The van der Waals surface area contributed by atoms with Gasteiger partial charge in [-0.05, 0) is 40.6 Å². The van der Waals surface area contributed by atoms with Crippen molar-refractivity contribution in [3.63, 3.8) is 0 Å². The standard InChI is InChI=1S/C29H21F2NO5/c1-36-18-11-12-21(24(15-18)37-2)27(33)25-26(20-9-5-7-16-6-3-4-8-19(16)20)32(29(35)28(25)34)17-10-13-22(30)23(31)14-17/h3-15,26,33H,1-2H3/b27-25+. The predicted molar refractivity (Wildman–Crippen MR) is 135 cm³/mol. The van der Waals surface area contributed by atoms with Gasteiger partial charge in [-0.1, -0.05) is 42.5 Å². The fraction of sp³-hybridized carbons (Fsp3) is 0.103. The minimum absolute atomic E-state index is 0.0281. The third-order valence-electron chi connectivity index (χ3n) is 6.41. The summed E-state index contributed by atoms with van der Waals surface area (Å²) in [6, 6.07) is 19.2. The van der Waals surface area contributed by atoms with Crippen LogP contribution < -0.4 is 14.4 Å². The van der Waals surface area contributed by atoms with Crippen LogP contribution in [-0.4, -0.2) is 31.0 Å². The Morgan fingerprint density at radius 3 is 2.35 bits per heavy atom. The number of hydrogen-bond acceptors (Lipinski definition) is 5. The minimum atomic E-state index is -1.17. The van der Waals surface area contributed by atoms with Crippen molar-refractivity contribution in [2.75, 3.05) is 19.1 Å². The second kappa shape index (κ2) is 9.39. The molecule has 1 fully saturated rings. The summed E-state index contributed by atoms with van der Waals surface area (Å²) in [5.41, 5.74) is 0.446. The monoisotopic (exact) mass is 501 g/mol. The maximum atomic E-state index is 14.2. The summed E-state index contributed by atoms with van der Waals surface area (Å²) in [5, 5.41) is 13.0. The Balaban J connectivity index is 1.82. The van der Waals surface area contributed by atoms with Crippen LogP contribution in [0.4, 0.5) is 14.5 Å². The van der Waals surface area contributed by atoms with E-state index in [4.69, 9.17) is 9.47 Å². The SMILES string of the molecule is COc1ccc(/C(O)=C2\C(=O)C(=O)N(c3ccc(F)c(F)c3)C2c2cccc3ccccc23)c(OC)c1. The number of benzene rings is 4. The second-order valence-corrected chi connectivity index (χ2v) is 8.40. The molecule has 0 aliphatic carbocycles. The number of ether oxygens (including phenoxy) is 2. The van der Waals surface area contributed by atoms with Crippen LogP contribution in [0.3, 0.4) is 0 Å². The molecule has 1 unspecified atom stereocenters. The summed E-state index contributed by atoms with van der Waals surface area (Å²) in [6.45, 7) is 0. The topological polar surface area (TPSA) is 76.1 Å². The molecule has 0 spiro atoms. The fourth-order valence-electron chi connectivity index (χ4n) is 4.66. The number of fused-ring (bicyclic) bond motifs is 1. The van der Waals surface area contributed by atoms with E-state index in [0.717, 1.165) is 27.8 Å². The van der Waals surface area contributed by atoms with Gasteiger partial charge in [-0.2, -0.15) is 0 Å². The van der Waals surface area contributed by atoms with E-state index in [1.54, 1.807) is 18.2 Å². The Bertz CT molecular complexity index is 1590. The van der Waals surface area contributed by atoms with Gasteiger partial charge >= 0.3 is 0 Å². The van der Waals surface area contributed by atoms with E-state index >= 15 is 0 Å². The number of anilines is 1. The molecule has 1 aliphatic rings. The van der Waals surface area contributed by atoms with Gasteiger partial charge in [-0.3, -0.25) is 14.5 Å². The molecule has 8 heteroatoms. The summed E-state index contributed by atoms with van der Waals surface area (Å²) < 4.78 is 38.6. The summed E-state index contributed by atoms with van der Waals surface area (Å²) in [5.74, 6) is -4.02. The number of amides is 1. The number of ketones is 1. The predicted octanol–water partition coefficient (Wildman–Crippen LogP) is 5.76. The van der Waals surface area contributed by atoms with Crippen molar-refractivity contribution >= 4 is 33.9 Å². The summed E-state index contributed by atoms with van der Waals surface area (Å²) >= 11 is 0. The molecule has 1 aliphatic heterocycles. The third kappa shape index (κ3) is 3.96. The molecule has 1 heterocycles. The Morgan fingerprint density at radius 2 is 1.62 bits per heavy atom. The fourth-order valence-corrected chi connectivity index (χ4v) is 4.66. The first-order valence-electron chi connectivity index (χ1n) is 11.3. The maximum Gasteiger partial charge on any atom is 0.300 e. The molecule has 186 valence electrons. The van der Waals surface area contributed by atoms with Gasteiger partial charge in [0.25, 0.3) is 11.7 Å². The molecule has 4 aromatic carbocycles. The molecule has 0 aromatic heterocycles. The maximum absolute atomic E-state index is 14.2. The zero-order valence-corrected chi connectivity index (χ0v) is 19.9. The van der Waals surface area contributed by atoms with Crippen molar-refractivity contribution in [1.29, 1.82) is 0 Å². The normalized spacial score (nSPS) is 16.9. The summed E-state index contributed by atoms with van der Waals surface area (Å²) in [6.07, 6.45) is 0. The lowest BCUT2D eigenvalue weighted by molar-refractivity contribution is -0.132. The number of aliphatic hydroxyl groups excluding tert-OH is 1. The number of carbonyl (C=O) groups excluding carboxylic acids is 2. The highest BCUT2D eigenvalue weighted by molar-refractivity contribution is 6.52.